The van der Waals surface area contributed by atoms with Gasteiger partial charge < -0.3 is 20.4 Å². The van der Waals surface area contributed by atoms with Gasteiger partial charge in [0.1, 0.15) is 18.3 Å². The summed E-state index contributed by atoms with van der Waals surface area (Å²) in [5.41, 5.74) is 0.486. The number of benzene rings is 1. The largest absolute Gasteiger partial charge is 0.480 e. The van der Waals surface area contributed by atoms with Gasteiger partial charge in [0.25, 0.3) is 5.91 Å². The number of carboxylic acids is 1. The van der Waals surface area contributed by atoms with Crippen LogP contribution in [0, 0.1) is 0 Å². The number of aliphatic hydroxyl groups excluding tert-OH is 1. The number of nitrogens with one attached hydrogen (secondary N) is 1. The average molecular weight is 385 g/mol. The number of nitrogens with zero attached hydrogens (tertiary/aromatic N) is 2. The molecule has 0 aliphatic heterocycles. The number of carboxylic acid groups (broad SMARTS) is 1. The van der Waals surface area contributed by atoms with E-state index in [1.54, 1.807) is 25.1 Å². The zero-order chi connectivity index (χ0) is 20.7. The summed E-state index contributed by atoms with van der Waals surface area (Å²) in [6.07, 6.45) is 1.78. The number of carbonyl (C=O) groups excluding carboxylic acids is 2. The number of hydrogen-bond acceptors (Lipinski definition) is 5. The zero-order valence-corrected chi connectivity index (χ0v) is 15.6. The van der Waals surface area contributed by atoms with Crippen LogP contribution in [0.25, 0.3) is 10.8 Å². The normalized spacial score (nSPS) is 11.6. The number of hydrogen-bond donors (Lipinski definition) is 3. The molecule has 0 saturated heterocycles. The Labute approximate surface area is 162 Å². The molecule has 1 heterocycles. The van der Waals surface area contributed by atoms with Crippen molar-refractivity contribution in [3.8, 4) is 0 Å². The number of aliphatic hydroxyl groups is 1. The second-order valence-electron chi connectivity index (χ2n) is 6.31. The summed E-state index contributed by atoms with van der Waals surface area (Å²) in [6, 6.07) is 8.11. The van der Waals surface area contributed by atoms with Gasteiger partial charge in [-0.3, -0.25) is 19.4 Å². The Balaban J connectivity index is 2.22. The minimum atomic E-state index is -1.20. The summed E-state index contributed by atoms with van der Waals surface area (Å²) in [5, 5.41) is 22.3. The molecule has 28 heavy (non-hydrogen) atoms. The molecule has 8 nitrogen and oxygen atoms in total. The molecule has 8 heteroatoms. The molecule has 0 saturated carbocycles. The predicted molar refractivity (Wildman–Crippen MR) is 104 cm³/mol. The predicted octanol–water partition coefficient (Wildman–Crippen LogP) is 1.20. The lowest BCUT2D eigenvalue weighted by Crippen LogP contribution is -2.50. The molecule has 2 amide bonds. The fraction of sp³-hybridized carbons (Fsp3) is 0.300. The number of pyridine rings is 1. The highest BCUT2D eigenvalue weighted by atomic mass is 16.4. The van der Waals surface area contributed by atoms with Gasteiger partial charge in [-0.25, -0.2) is 0 Å². The molecule has 2 rings (SSSR count). The summed E-state index contributed by atoms with van der Waals surface area (Å²) >= 11 is 0. The lowest BCUT2D eigenvalue weighted by atomic mass is 10.1. The van der Waals surface area contributed by atoms with Gasteiger partial charge in [0.15, 0.2) is 0 Å². The van der Waals surface area contributed by atoms with Crippen LogP contribution in [0.5, 0.6) is 0 Å². The molecule has 1 atom stereocenters. The molecule has 148 valence electrons. The fourth-order valence-corrected chi connectivity index (χ4v) is 2.78. The standard InChI is InChI=1S/C20H23N3O5/c1-3-16(20(28)23(11-17(25)26)10-13(2)12-24)22-19(27)18-15-7-5-4-6-14(15)8-9-21-18/h4-9,16,24H,2-3,10-12H2,1H3,(H,22,27)(H,25,26). The Morgan fingerprint density at radius 1 is 1.21 bits per heavy atom. The van der Waals surface area contributed by atoms with E-state index in [-0.39, 0.29) is 25.3 Å². The number of aromatic nitrogens is 1. The van der Waals surface area contributed by atoms with E-state index < -0.39 is 30.4 Å². The zero-order valence-electron chi connectivity index (χ0n) is 15.6. The van der Waals surface area contributed by atoms with Crippen molar-refractivity contribution in [3.05, 3.63) is 54.4 Å². The van der Waals surface area contributed by atoms with Gasteiger partial charge in [-0.15, -0.1) is 0 Å². The summed E-state index contributed by atoms with van der Waals surface area (Å²) in [6.45, 7) is 4.27. The van der Waals surface area contributed by atoms with Crippen molar-refractivity contribution in [3.63, 3.8) is 0 Å². The van der Waals surface area contributed by atoms with Crippen LogP contribution in [-0.2, 0) is 9.59 Å². The Bertz CT molecular complexity index is 891. The third kappa shape index (κ3) is 5.14. The third-order valence-corrected chi connectivity index (χ3v) is 4.18. The van der Waals surface area contributed by atoms with Crippen LogP contribution in [0.1, 0.15) is 23.8 Å². The van der Waals surface area contributed by atoms with E-state index in [1.165, 1.54) is 6.20 Å². The van der Waals surface area contributed by atoms with Crippen molar-refractivity contribution in [1.29, 1.82) is 0 Å². The van der Waals surface area contributed by atoms with Crippen LogP contribution in [0.2, 0.25) is 0 Å². The first kappa shape index (κ1) is 21.0. The van der Waals surface area contributed by atoms with Crippen molar-refractivity contribution in [2.45, 2.75) is 19.4 Å². The molecule has 0 aliphatic carbocycles. The van der Waals surface area contributed by atoms with E-state index in [0.717, 1.165) is 10.3 Å². The lowest BCUT2D eigenvalue weighted by molar-refractivity contribution is -0.145. The quantitative estimate of drug-likeness (QED) is 0.558. The number of aliphatic carboxylic acids is 1. The van der Waals surface area contributed by atoms with E-state index in [1.807, 2.05) is 12.1 Å². The number of amides is 2. The van der Waals surface area contributed by atoms with Crippen LogP contribution in [0.15, 0.2) is 48.7 Å². The average Bonchev–Trinajstić information content (AvgIpc) is 2.69. The molecule has 1 aromatic heterocycles. The van der Waals surface area contributed by atoms with Gasteiger partial charge >= 0.3 is 5.97 Å². The van der Waals surface area contributed by atoms with Gasteiger partial charge in [-0.1, -0.05) is 37.8 Å². The van der Waals surface area contributed by atoms with Crippen LogP contribution in [-0.4, -0.2) is 63.6 Å². The first-order valence-corrected chi connectivity index (χ1v) is 8.80. The molecule has 1 unspecified atom stereocenters. The van der Waals surface area contributed by atoms with Gasteiger partial charge in [0.2, 0.25) is 5.91 Å². The topological polar surface area (TPSA) is 120 Å². The summed E-state index contributed by atoms with van der Waals surface area (Å²) in [7, 11) is 0. The van der Waals surface area contributed by atoms with E-state index in [9.17, 15) is 14.4 Å². The third-order valence-electron chi connectivity index (χ3n) is 4.18. The Kier molecular flexibility index (Phi) is 7.22. The minimum absolute atomic E-state index is 0.111. The smallest absolute Gasteiger partial charge is 0.323 e. The number of rotatable bonds is 9. The maximum atomic E-state index is 12.8. The Hall–Kier alpha value is -3.26. The Morgan fingerprint density at radius 2 is 1.93 bits per heavy atom. The molecule has 0 bridgehead atoms. The van der Waals surface area contributed by atoms with Crippen molar-refractivity contribution < 1.29 is 24.6 Å². The SMILES string of the molecule is C=C(CO)CN(CC(=O)O)C(=O)C(CC)NC(=O)c1nccc2ccccc12. The minimum Gasteiger partial charge on any atom is -0.480 e. The summed E-state index contributed by atoms with van der Waals surface area (Å²) in [5.74, 6) is -2.28. The fourth-order valence-electron chi connectivity index (χ4n) is 2.78. The van der Waals surface area contributed by atoms with Crippen molar-refractivity contribution in [1.82, 2.24) is 15.2 Å². The van der Waals surface area contributed by atoms with Crippen LogP contribution in [0.4, 0.5) is 0 Å². The summed E-state index contributed by atoms with van der Waals surface area (Å²) < 4.78 is 0. The molecule has 0 spiro atoms. The van der Waals surface area contributed by atoms with Gasteiger partial charge in [-0.2, -0.15) is 0 Å². The second kappa shape index (κ2) is 9.61. The molecule has 0 fully saturated rings. The van der Waals surface area contributed by atoms with Crippen LogP contribution >= 0.6 is 0 Å². The number of fused-ring (bicyclic) bond motifs is 1. The molecule has 0 radical (unpaired) electrons. The van der Waals surface area contributed by atoms with E-state index in [0.29, 0.717) is 11.0 Å². The lowest BCUT2D eigenvalue weighted by Gasteiger charge is -2.26. The van der Waals surface area contributed by atoms with Crippen molar-refractivity contribution in [2.75, 3.05) is 19.7 Å². The first-order chi connectivity index (χ1) is 13.4. The Morgan fingerprint density at radius 3 is 2.57 bits per heavy atom. The van der Waals surface area contributed by atoms with Gasteiger partial charge in [-0.05, 0) is 23.4 Å². The molecule has 3 N–H and O–H groups in total. The first-order valence-electron chi connectivity index (χ1n) is 8.80. The number of carbonyl (C=O) groups is 3. The highest BCUT2D eigenvalue weighted by molar-refractivity contribution is 6.06. The molecule has 0 aliphatic rings. The van der Waals surface area contributed by atoms with Crippen LogP contribution in [0.3, 0.4) is 0 Å². The van der Waals surface area contributed by atoms with E-state index >= 15 is 0 Å². The molecular weight excluding hydrogens is 362 g/mol. The van der Waals surface area contributed by atoms with Gasteiger partial charge in [0, 0.05) is 18.1 Å². The van der Waals surface area contributed by atoms with Crippen molar-refractivity contribution in [2.24, 2.45) is 0 Å². The monoisotopic (exact) mass is 385 g/mol. The molecule has 2 aromatic rings. The van der Waals surface area contributed by atoms with Crippen LogP contribution < -0.4 is 5.32 Å². The molecule has 1 aromatic carbocycles. The van der Waals surface area contributed by atoms with Gasteiger partial charge in [0.05, 0.1) is 6.61 Å². The highest BCUT2D eigenvalue weighted by Gasteiger charge is 2.27. The maximum absolute atomic E-state index is 12.8. The van der Waals surface area contributed by atoms with E-state index in [2.05, 4.69) is 16.9 Å². The highest BCUT2D eigenvalue weighted by Crippen LogP contribution is 2.16. The van der Waals surface area contributed by atoms with E-state index in [4.69, 9.17) is 10.2 Å². The van der Waals surface area contributed by atoms with Crippen molar-refractivity contribution >= 4 is 28.6 Å². The summed E-state index contributed by atoms with van der Waals surface area (Å²) in [4.78, 5) is 41.8. The molecular formula is C20H23N3O5. The maximum Gasteiger partial charge on any atom is 0.323 e. The second-order valence-corrected chi connectivity index (χ2v) is 6.31.